The zero-order valence-corrected chi connectivity index (χ0v) is 11.7. The first-order valence-electron chi connectivity index (χ1n) is 5.95. The molecule has 1 aromatic carbocycles. The summed E-state index contributed by atoms with van der Waals surface area (Å²) in [7, 11) is 0. The number of rotatable bonds is 2. The molecule has 19 heavy (non-hydrogen) atoms. The monoisotopic (exact) mass is 314 g/mol. The molecule has 2 aromatic rings. The number of nitrogen functional groups attached to an aromatic ring is 1. The van der Waals surface area contributed by atoms with E-state index in [-0.39, 0.29) is 5.41 Å². The fourth-order valence-electron chi connectivity index (χ4n) is 2.06. The number of nitrogens with two attached hydrogens (primary N) is 1. The molecule has 0 saturated heterocycles. The molecule has 0 atom stereocenters. The second kappa shape index (κ2) is 4.32. The standard InChI is InChI=1S/C14H11BrN4/c15-12-13(17)18-7-11(19-12)9-1-3-10(4-2-9)14(8-16)5-6-14/h1-4,7H,5-6H2,(H2,17,18). The van der Waals surface area contributed by atoms with Crippen molar-refractivity contribution in [1.29, 1.82) is 5.26 Å². The number of hydrogen-bond acceptors (Lipinski definition) is 4. The molecule has 0 radical (unpaired) electrons. The number of benzene rings is 1. The van der Waals surface area contributed by atoms with Crippen molar-refractivity contribution in [2.24, 2.45) is 0 Å². The molecular formula is C14H11BrN4. The lowest BCUT2D eigenvalue weighted by molar-refractivity contribution is 0.909. The summed E-state index contributed by atoms with van der Waals surface area (Å²) in [4.78, 5) is 8.41. The summed E-state index contributed by atoms with van der Waals surface area (Å²) in [6, 6.07) is 10.3. The highest BCUT2D eigenvalue weighted by atomic mass is 79.9. The maximum atomic E-state index is 9.17. The zero-order valence-electron chi connectivity index (χ0n) is 10.1. The third-order valence-corrected chi connectivity index (χ3v) is 4.04. The molecular weight excluding hydrogens is 304 g/mol. The van der Waals surface area contributed by atoms with E-state index in [0.717, 1.165) is 29.7 Å². The maximum absolute atomic E-state index is 9.17. The largest absolute Gasteiger partial charge is 0.381 e. The Bertz CT molecular complexity index is 669. The molecule has 0 unspecified atom stereocenters. The summed E-state index contributed by atoms with van der Waals surface area (Å²) in [6.07, 6.45) is 3.55. The number of halogens is 1. The maximum Gasteiger partial charge on any atom is 0.156 e. The van der Waals surface area contributed by atoms with Gasteiger partial charge in [0.25, 0.3) is 0 Å². The van der Waals surface area contributed by atoms with E-state index >= 15 is 0 Å². The number of anilines is 1. The van der Waals surface area contributed by atoms with Gasteiger partial charge >= 0.3 is 0 Å². The van der Waals surface area contributed by atoms with E-state index in [1.165, 1.54) is 0 Å². The Morgan fingerprint density at radius 3 is 2.47 bits per heavy atom. The molecule has 0 bridgehead atoms. The van der Waals surface area contributed by atoms with Crippen LogP contribution in [-0.2, 0) is 5.41 Å². The quantitative estimate of drug-likeness (QED) is 0.924. The Morgan fingerprint density at radius 1 is 1.26 bits per heavy atom. The van der Waals surface area contributed by atoms with Crippen LogP contribution < -0.4 is 5.73 Å². The van der Waals surface area contributed by atoms with Crippen molar-refractivity contribution in [1.82, 2.24) is 9.97 Å². The van der Waals surface area contributed by atoms with Crippen LogP contribution in [0, 0.1) is 11.3 Å². The first kappa shape index (κ1) is 12.1. The first-order chi connectivity index (χ1) is 9.14. The molecule has 4 nitrogen and oxygen atoms in total. The van der Waals surface area contributed by atoms with Gasteiger partial charge < -0.3 is 5.73 Å². The third-order valence-electron chi connectivity index (χ3n) is 3.45. The summed E-state index contributed by atoms with van der Waals surface area (Å²) in [5.74, 6) is 0.377. The number of aromatic nitrogens is 2. The number of nitriles is 1. The van der Waals surface area contributed by atoms with Crippen molar-refractivity contribution in [3.8, 4) is 17.3 Å². The van der Waals surface area contributed by atoms with Crippen LogP contribution in [0.5, 0.6) is 0 Å². The van der Waals surface area contributed by atoms with Crippen LogP contribution in [0.1, 0.15) is 18.4 Å². The second-order valence-electron chi connectivity index (χ2n) is 4.70. The highest BCUT2D eigenvalue weighted by Gasteiger charge is 2.44. The number of nitrogens with zero attached hydrogens (tertiary/aromatic N) is 3. The van der Waals surface area contributed by atoms with Gasteiger partial charge in [-0.05, 0) is 34.3 Å². The van der Waals surface area contributed by atoms with Crippen LogP contribution in [-0.4, -0.2) is 9.97 Å². The van der Waals surface area contributed by atoms with Gasteiger partial charge in [-0.15, -0.1) is 0 Å². The highest BCUT2D eigenvalue weighted by Crippen LogP contribution is 2.47. The lowest BCUT2D eigenvalue weighted by Gasteiger charge is -2.07. The number of hydrogen-bond donors (Lipinski definition) is 1. The Balaban J connectivity index is 1.95. The lowest BCUT2D eigenvalue weighted by Crippen LogP contribution is -2.02. The Kier molecular flexibility index (Phi) is 2.76. The van der Waals surface area contributed by atoms with Crippen LogP contribution in [0.2, 0.25) is 0 Å². The van der Waals surface area contributed by atoms with Crippen molar-refractivity contribution in [3.63, 3.8) is 0 Å². The normalized spacial score (nSPS) is 15.8. The van der Waals surface area contributed by atoms with E-state index in [9.17, 15) is 5.26 Å². The summed E-state index contributed by atoms with van der Waals surface area (Å²) >= 11 is 3.27. The van der Waals surface area contributed by atoms with E-state index in [0.29, 0.717) is 10.4 Å². The molecule has 1 aliphatic rings. The minimum Gasteiger partial charge on any atom is -0.381 e. The van der Waals surface area contributed by atoms with Gasteiger partial charge in [0, 0.05) is 5.56 Å². The van der Waals surface area contributed by atoms with Gasteiger partial charge in [-0.1, -0.05) is 24.3 Å². The average Bonchev–Trinajstić information content (AvgIpc) is 3.23. The smallest absolute Gasteiger partial charge is 0.156 e. The molecule has 1 fully saturated rings. The molecule has 5 heteroatoms. The van der Waals surface area contributed by atoms with Gasteiger partial charge in [-0.3, -0.25) is 0 Å². The van der Waals surface area contributed by atoms with Crippen molar-refractivity contribution in [2.75, 3.05) is 5.73 Å². The van der Waals surface area contributed by atoms with Gasteiger partial charge in [0.1, 0.15) is 4.60 Å². The molecule has 1 aromatic heterocycles. The molecule has 2 N–H and O–H groups in total. The van der Waals surface area contributed by atoms with Crippen molar-refractivity contribution < 1.29 is 0 Å². The zero-order chi connectivity index (χ0) is 13.5. The van der Waals surface area contributed by atoms with E-state index in [1.54, 1.807) is 6.20 Å². The fraction of sp³-hybridized carbons (Fsp3) is 0.214. The summed E-state index contributed by atoms with van der Waals surface area (Å²) < 4.78 is 0.546. The van der Waals surface area contributed by atoms with Gasteiger partial charge in [0.05, 0.1) is 23.4 Å². The molecule has 0 amide bonds. The minimum absolute atomic E-state index is 0.244. The van der Waals surface area contributed by atoms with Gasteiger partial charge in [-0.2, -0.15) is 5.26 Å². The fourth-order valence-corrected chi connectivity index (χ4v) is 2.36. The Morgan fingerprint density at radius 2 is 1.95 bits per heavy atom. The van der Waals surface area contributed by atoms with Crippen molar-refractivity contribution >= 4 is 21.7 Å². The van der Waals surface area contributed by atoms with Crippen LogP contribution in [0.25, 0.3) is 11.3 Å². The molecule has 0 aliphatic heterocycles. The van der Waals surface area contributed by atoms with E-state index in [2.05, 4.69) is 32.0 Å². The Labute approximate surface area is 119 Å². The average molecular weight is 315 g/mol. The molecule has 94 valence electrons. The second-order valence-corrected chi connectivity index (χ2v) is 5.45. The summed E-state index contributed by atoms with van der Waals surface area (Å²) in [5.41, 5.74) is 8.18. The SMILES string of the molecule is N#CC1(c2ccc(-c3cnc(N)c(Br)n3)cc2)CC1. The van der Waals surface area contributed by atoms with Crippen molar-refractivity contribution in [3.05, 3.63) is 40.6 Å². The first-order valence-corrected chi connectivity index (χ1v) is 6.74. The topological polar surface area (TPSA) is 75.6 Å². The summed E-state index contributed by atoms with van der Waals surface area (Å²) in [6.45, 7) is 0. The van der Waals surface area contributed by atoms with Crippen LogP contribution in [0.4, 0.5) is 5.82 Å². The van der Waals surface area contributed by atoms with E-state index < -0.39 is 0 Å². The van der Waals surface area contributed by atoms with E-state index in [4.69, 9.17) is 5.73 Å². The molecule has 1 heterocycles. The summed E-state index contributed by atoms with van der Waals surface area (Å²) in [5, 5.41) is 9.17. The Hall–Kier alpha value is -1.93. The van der Waals surface area contributed by atoms with Gasteiger partial charge in [0.15, 0.2) is 5.82 Å². The molecule has 3 rings (SSSR count). The molecule has 1 saturated carbocycles. The predicted molar refractivity (Wildman–Crippen MR) is 76.1 cm³/mol. The minimum atomic E-state index is -0.244. The van der Waals surface area contributed by atoms with Crippen LogP contribution >= 0.6 is 15.9 Å². The van der Waals surface area contributed by atoms with E-state index in [1.807, 2.05) is 24.3 Å². The van der Waals surface area contributed by atoms with Crippen LogP contribution in [0.3, 0.4) is 0 Å². The van der Waals surface area contributed by atoms with Gasteiger partial charge in [-0.25, -0.2) is 9.97 Å². The van der Waals surface area contributed by atoms with Crippen molar-refractivity contribution in [2.45, 2.75) is 18.3 Å². The predicted octanol–water partition coefficient (Wildman–Crippen LogP) is 3.04. The molecule has 1 aliphatic carbocycles. The lowest BCUT2D eigenvalue weighted by atomic mass is 9.96. The highest BCUT2D eigenvalue weighted by molar-refractivity contribution is 9.10. The van der Waals surface area contributed by atoms with Gasteiger partial charge in [0.2, 0.25) is 0 Å². The van der Waals surface area contributed by atoms with Crippen LogP contribution in [0.15, 0.2) is 35.1 Å². The molecule has 0 spiro atoms. The third kappa shape index (κ3) is 2.08.